The van der Waals surface area contributed by atoms with E-state index < -0.39 is 16.1 Å². The molecule has 2 aromatic carbocycles. The Bertz CT molecular complexity index is 1350. The summed E-state index contributed by atoms with van der Waals surface area (Å²) < 4.78 is 38.2. The van der Waals surface area contributed by atoms with E-state index in [2.05, 4.69) is 32.1 Å². The molecule has 2 fully saturated rings. The molecule has 0 amide bonds. The molecule has 2 unspecified atom stereocenters. The summed E-state index contributed by atoms with van der Waals surface area (Å²) >= 11 is 0. The minimum atomic E-state index is -3.56. The third kappa shape index (κ3) is 6.74. The van der Waals surface area contributed by atoms with Gasteiger partial charge in [0.25, 0.3) is 0 Å². The molecule has 0 radical (unpaired) electrons. The van der Waals surface area contributed by atoms with Crippen molar-refractivity contribution in [1.29, 1.82) is 0 Å². The molecule has 0 bridgehead atoms. The van der Waals surface area contributed by atoms with Gasteiger partial charge in [0.2, 0.25) is 16.0 Å². The highest BCUT2D eigenvalue weighted by molar-refractivity contribution is 7.89. The predicted octanol–water partition coefficient (Wildman–Crippen LogP) is 2.21. The van der Waals surface area contributed by atoms with Gasteiger partial charge < -0.3 is 24.8 Å². The second kappa shape index (κ2) is 12.0. The Morgan fingerprint density at radius 2 is 1.95 bits per heavy atom. The highest BCUT2D eigenvalue weighted by Gasteiger charge is 2.43. The Hall–Kier alpha value is -3.09. The second-order valence-electron chi connectivity index (χ2n) is 10.0. The maximum atomic E-state index is 12.0. The molecular weight excluding hydrogens is 518 g/mol. The molecular formula is C28H35N5O5S. The third-order valence-electron chi connectivity index (χ3n) is 7.35. The van der Waals surface area contributed by atoms with Gasteiger partial charge in [0.15, 0.2) is 0 Å². The topological polar surface area (TPSA) is 126 Å². The van der Waals surface area contributed by atoms with Crippen LogP contribution in [0.4, 0.5) is 5.95 Å². The molecule has 1 spiro atoms. The lowest BCUT2D eigenvalue weighted by Gasteiger charge is -2.38. The van der Waals surface area contributed by atoms with Gasteiger partial charge in [-0.15, -0.1) is 0 Å². The van der Waals surface area contributed by atoms with E-state index in [4.69, 9.17) is 14.5 Å². The van der Waals surface area contributed by atoms with E-state index in [1.807, 2.05) is 30.5 Å². The summed E-state index contributed by atoms with van der Waals surface area (Å²) in [4.78, 5) is 11.6. The first-order valence-electron chi connectivity index (χ1n) is 13.2. The quantitative estimate of drug-likeness (QED) is 0.346. The zero-order chi connectivity index (χ0) is 27.3. The average Bonchev–Trinajstić information content (AvgIpc) is 3.38. The van der Waals surface area contributed by atoms with E-state index in [9.17, 15) is 13.5 Å². The fourth-order valence-corrected chi connectivity index (χ4v) is 5.88. The minimum Gasteiger partial charge on any atom is -0.491 e. The Morgan fingerprint density at radius 1 is 1.15 bits per heavy atom. The van der Waals surface area contributed by atoms with Crippen molar-refractivity contribution in [3.05, 3.63) is 66.9 Å². The normalized spacial score (nSPS) is 19.7. The summed E-state index contributed by atoms with van der Waals surface area (Å²) in [5.41, 5.74) is 1.82. The number of nitrogens with one attached hydrogen (secondary N) is 2. The van der Waals surface area contributed by atoms with Crippen molar-refractivity contribution in [2.24, 2.45) is 0 Å². The number of piperidine rings is 1. The van der Waals surface area contributed by atoms with Crippen LogP contribution in [-0.4, -0.2) is 81.1 Å². The molecule has 10 nitrogen and oxygen atoms in total. The number of anilines is 1. The molecule has 3 heterocycles. The van der Waals surface area contributed by atoms with Gasteiger partial charge >= 0.3 is 0 Å². The molecule has 2 saturated heterocycles. The number of aromatic nitrogens is 2. The Morgan fingerprint density at radius 3 is 2.72 bits per heavy atom. The summed E-state index contributed by atoms with van der Waals surface area (Å²) in [5, 5.41) is 13.8. The molecule has 208 valence electrons. The minimum absolute atomic E-state index is 0.0474. The molecule has 2 aliphatic heterocycles. The third-order valence-corrected chi connectivity index (χ3v) is 8.76. The summed E-state index contributed by atoms with van der Waals surface area (Å²) in [5.74, 6) is 1.13. The van der Waals surface area contributed by atoms with Gasteiger partial charge in [0.05, 0.1) is 22.8 Å². The maximum Gasteiger partial charge on any atom is 0.240 e. The van der Waals surface area contributed by atoms with Crippen molar-refractivity contribution in [3.63, 3.8) is 0 Å². The first-order chi connectivity index (χ1) is 18.9. The number of rotatable bonds is 10. The molecule has 3 aromatic rings. The van der Waals surface area contributed by atoms with Crippen LogP contribution < -0.4 is 19.7 Å². The lowest BCUT2D eigenvalue weighted by Crippen LogP contribution is -2.45. The SMILES string of the molecule is CNS(=O)(=O)c1cccc(OCC(O)CNC2COC3(CCN(c4nccc(-c5ccccc5)n4)CC3)C2)c1. The van der Waals surface area contributed by atoms with Crippen LogP contribution in [0.2, 0.25) is 0 Å². The number of aliphatic hydroxyl groups excluding tert-OH is 1. The number of hydrogen-bond donors (Lipinski definition) is 3. The van der Waals surface area contributed by atoms with Crippen molar-refractivity contribution >= 4 is 16.0 Å². The van der Waals surface area contributed by atoms with Gasteiger partial charge in [-0.1, -0.05) is 36.4 Å². The smallest absolute Gasteiger partial charge is 0.240 e. The highest BCUT2D eigenvalue weighted by atomic mass is 32.2. The summed E-state index contributed by atoms with van der Waals surface area (Å²) in [6, 6.07) is 18.4. The Balaban J connectivity index is 1.07. The van der Waals surface area contributed by atoms with E-state index in [0.29, 0.717) is 18.9 Å². The van der Waals surface area contributed by atoms with Gasteiger partial charge in [0.1, 0.15) is 18.5 Å². The fourth-order valence-electron chi connectivity index (χ4n) is 5.11. The molecule has 0 aliphatic carbocycles. The highest BCUT2D eigenvalue weighted by Crippen LogP contribution is 2.37. The summed E-state index contributed by atoms with van der Waals surface area (Å²) in [6.07, 6.45) is 3.73. The molecule has 0 saturated carbocycles. The summed E-state index contributed by atoms with van der Waals surface area (Å²) in [6.45, 7) is 2.64. The van der Waals surface area contributed by atoms with Crippen molar-refractivity contribution in [3.8, 4) is 17.0 Å². The standard InChI is InChI=1S/C28H35N5O5S/c1-29-39(35,36)25-9-5-8-24(16-25)37-20-23(34)18-31-22-17-28(38-19-22)11-14-33(15-12-28)27-30-13-10-26(32-27)21-6-3-2-4-7-21/h2-10,13,16,22-23,29,31,34H,11-12,14-15,17-20H2,1H3. The van der Waals surface area contributed by atoms with E-state index in [1.165, 1.54) is 19.2 Å². The number of sulfonamides is 1. The van der Waals surface area contributed by atoms with Crippen LogP contribution in [0.15, 0.2) is 71.8 Å². The number of aliphatic hydroxyl groups is 1. The number of hydrogen-bond acceptors (Lipinski definition) is 9. The zero-order valence-corrected chi connectivity index (χ0v) is 22.8. The Labute approximate surface area is 229 Å². The lowest BCUT2D eigenvalue weighted by molar-refractivity contribution is -0.0152. The molecule has 11 heteroatoms. The van der Waals surface area contributed by atoms with Crippen molar-refractivity contribution in [1.82, 2.24) is 20.0 Å². The average molecular weight is 554 g/mol. The second-order valence-corrected chi connectivity index (χ2v) is 11.9. The van der Waals surface area contributed by atoms with E-state index in [-0.39, 0.29) is 23.1 Å². The van der Waals surface area contributed by atoms with Crippen LogP contribution in [0.1, 0.15) is 19.3 Å². The molecule has 3 N–H and O–H groups in total. The van der Waals surface area contributed by atoms with Gasteiger partial charge in [-0.25, -0.2) is 23.1 Å². The van der Waals surface area contributed by atoms with Gasteiger partial charge in [-0.2, -0.15) is 0 Å². The van der Waals surface area contributed by atoms with Crippen LogP contribution >= 0.6 is 0 Å². The largest absolute Gasteiger partial charge is 0.491 e. The van der Waals surface area contributed by atoms with Crippen LogP contribution in [0, 0.1) is 0 Å². The lowest BCUT2D eigenvalue weighted by atomic mass is 9.87. The molecule has 2 aliphatic rings. The van der Waals surface area contributed by atoms with Gasteiger partial charge in [0, 0.05) is 43.5 Å². The first kappa shape index (κ1) is 27.5. The molecule has 1 aromatic heterocycles. The molecule has 5 rings (SSSR count). The van der Waals surface area contributed by atoms with Crippen molar-refractivity contribution < 1.29 is 23.0 Å². The summed E-state index contributed by atoms with van der Waals surface area (Å²) in [7, 11) is -2.20. The zero-order valence-electron chi connectivity index (χ0n) is 22.0. The predicted molar refractivity (Wildman–Crippen MR) is 148 cm³/mol. The van der Waals surface area contributed by atoms with Gasteiger partial charge in [-0.05, 0) is 44.5 Å². The van der Waals surface area contributed by atoms with Crippen LogP contribution in [0.5, 0.6) is 5.75 Å². The molecule has 2 atom stereocenters. The first-order valence-corrected chi connectivity index (χ1v) is 14.7. The van der Waals surface area contributed by atoms with E-state index in [0.717, 1.165) is 49.6 Å². The van der Waals surface area contributed by atoms with E-state index >= 15 is 0 Å². The van der Waals surface area contributed by atoms with Crippen molar-refractivity contribution in [2.75, 3.05) is 44.8 Å². The number of benzene rings is 2. The monoisotopic (exact) mass is 553 g/mol. The maximum absolute atomic E-state index is 12.0. The Kier molecular flexibility index (Phi) is 8.43. The molecule has 39 heavy (non-hydrogen) atoms. The fraction of sp³-hybridized carbons (Fsp3) is 0.429. The number of nitrogens with zero attached hydrogens (tertiary/aromatic N) is 3. The van der Waals surface area contributed by atoms with Crippen LogP contribution in [0.3, 0.4) is 0 Å². The van der Waals surface area contributed by atoms with E-state index in [1.54, 1.807) is 12.1 Å². The van der Waals surface area contributed by atoms with Crippen LogP contribution in [-0.2, 0) is 14.8 Å². The van der Waals surface area contributed by atoms with Crippen LogP contribution in [0.25, 0.3) is 11.3 Å². The van der Waals surface area contributed by atoms with Gasteiger partial charge in [-0.3, -0.25) is 0 Å². The number of ether oxygens (including phenoxy) is 2. The van der Waals surface area contributed by atoms with Crippen molar-refractivity contribution in [2.45, 2.75) is 41.9 Å².